The summed E-state index contributed by atoms with van der Waals surface area (Å²) in [6.45, 7) is 0.563. The van der Waals surface area contributed by atoms with Crippen molar-refractivity contribution in [3.05, 3.63) is 58.2 Å². The fourth-order valence-electron chi connectivity index (χ4n) is 1.68. The van der Waals surface area contributed by atoms with E-state index in [4.69, 9.17) is 22.0 Å². The molecule has 4 nitrogen and oxygen atoms in total. The molecule has 96 valence electrons. The van der Waals surface area contributed by atoms with E-state index in [1.165, 1.54) is 6.07 Å². The first-order chi connectivity index (χ1) is 9.21. The molecule has 0 radical (unpaired) electrons. The molecule has 0 saturated heterocycles. The minimum atomic E-state index is 0.0157. The van der Waals surface area contributed by atoms with Crippen molar-refractivity contribution in [3.63, 3.8) is 0 Å². The van der Waals surface area contributed by atoms with Crippen LogP contribution in [0.4, 0.5) is 5.82 Å². The number of benzene rings is 1. The second-order valence-electron chi connectivity index (χ2n) is 4.01. The van der Waals surface area contributed by atoms with Crippen molar-refractivity contribution in [1.82, 2.24) is 4.98 Å². The SMILES string of the molecule is N#Cc1cc(Cl)nc(NCc2cccc(CO)c2)c1. The lowest BCUT2D eigenvalue weighted by Gasteiger charge is -2.07. The van der Waals surface area contributed by atoms with Crippen LogP contribution >= 0.6 is 11.6 Å². The summed E-state index contributed by atoms with van der Waals surface area (Å²) in [5, 5.41) is 21.3. The topological polar surface area (TPSA) is 68.9 Å². The van der Waals surface area contributed by atoms with Crippen molar-refractivity contribution >= 4 is 17.4 Å². The van der Waals surface area contributed by atoms with Gasteiger partial charge in [-0.1, -0.05) is 35.9 Å². The third-order valence-corrected chi connectivity index (χ3v) is 2.76. The van der Waals surface area contributed by atoms with Gasteiger partial charge in [-0.05, 0) is 23.3 Å². The molecule has 1 aromatic heterocycles. The van der Waals surface area contributed by atoms with E-state index in [1.54, 1.807) is 6.07 Å². The Balaban J connectivity index is 2.10. The Morgan fingerprint density at radius 3 is 2.79 bits per heavy atom. The number of aromatic nitrogens is 1. The summed E-state index contributed by atoms with van der Waals surface area (Å²) >= 11 is 5.82. The lowest BCUT2D eigenvalue weighted by atomic mass is 10.1. The summed E-state index contributed by atoms with van der Waals surface area (Å²) in [5.74, 6) is 0.554. The molecule has 0 fully saturated rings. The summed E-state index contributed by atoms with van der Waals surface area (Å²) in [4.78, 5) is 4.09. The van der Waals surface area contributed by atoms with Crippen molar-refractivity contribution in [1.29, 1.82) is 5.26 Å². The van der Waals surface area contributed by atoms with E-state index in [-0.39, 0.29) is 11.8 Å². The average Bonchev–Trinajstić information content (AvgIpc) is 2.44. The minimum Gasteiger partial charge on any atom is -0.392 e. The zero-order valence-electron chi connectivity index (χ0n) is 10.1. The van der Waals surface area contributed by atoms with Crippen LogP contribution in [0, 0.1) is 11.3 Å². The van der Waals surface area contributed by atoms with Gasteiger partial charge in [0.2, 0.25) is 0 Å². The number of halogens is 1. The molecule has 0 aliphatic carbocycles. The van der Waals surface area contributed by atoms with Crippen molar-refractivity contribution in [2.24, 2.45) is 0 Å². The number of aliphatic hydroxyl groups excluding tert-OH is 1. The van der Waals surface area contributed by atoms with Crippen molar-refractivity contribution in [3.8, 4) is 6.07 Å². The predicted octanol–water partition coefficient (Wildman–Crippen LogP) is 2.71. The molecule has 5 heteroatoms. The lowest BCUT2D eigenvalue weighted by Crippen LogP contribution is -2.02. The van der Waals surface area contributed by atoms with Gasteiger partial charge < -0.3 is 10.4 Å². The highest BCUT2D eigenvalue weighted by atomic mass is 35.5. The van der Waals surface area contributed by atoms with Crippen LogP contribution < -0.4 is 5.32 Å². The van der Waals surface area contributed by atoms with E-state index in [0.717, 1.165) is 11.1 Å². The Bertz CT molecular complexity index is 622. The summed E-state index contributed by atoms with van der Waals surface area (Å²) in [7, 11) is 0. The normalized spacial score (nSPS) is 9.95. The Morgan fingerprint density at radius 1 is 1.26 bits per heavy atom. The van der Waals surface area contributed by atoms with Gasteiger partial charge in [0.25, 0.3) is 0 Å². The van der Waals surface area contributed by atoms with Crippen LogP contribution in [0.5, 0.6) is 0 Å². The maximum Gasteiger partial charge on any atom is 0.132 e. The van der Waals surface area contributed by atoms with Crippen LogP contribution in [-0.2, 0) is 13.2 Å². The number of aliphatic hydroxyl groups is 1. The Labute approximate surface area is 116 Å². The maximum absolute atomic E-state index is 9.07. The summed E-state index contributed by atoms with van der Waals surface area (Å²) in [6.07, 6.45) is 0. The molecule has 0 amide bonds. The van der Waals surface area contributed by atoms with Crippen molar-refractivity contribution in [2.75, 3.05) is 5.32 Å². The largest absolute Gasteiger partial charge is 0.392 e. The first kappa shape index (κ1) is 13.3. The van der Waals surface area contributed by atoms with Gasteiger partial charge in [-0.2, -0.15) is 5.26 Å². The van der Waals surface area contributed by atoms with E-state index in [2.05, 4.69) is 10.3 Å². The molecule has 0 aliphatic rings. The molecule has 1 heterocycles. The molecule has 0 saturated carbocycles. The molecule has 2 aromatic rings. The number of nitriles is 1. The van der Waals surface area contributed by atoms with Crippen LogP contribution in [0.2, 0.25) is 5.15 Å². The lowest BCUT2D eigenvalue weighted by molar-refractivity contribution is 0.281. The first-order valence-corrected chi connectivity index (χ1v) is 6.09. The van der Waals surface area contributed by atoms with Gasteiger partial charge in [0.15, 0.2) is 0 Å². The van der Waals surface area contributed by atoms with Gasteiger partial charge in [-0.25, -0.2) is 4.98 Å². The molecular formula is C14H12ClN3O. The molecule has 0 bridgehead atoms. The molecule has 0 atom stereocenters. The van der Waals surface area contributed by atoms with E-state index in [0.29, 0.717) is 17.9 Å². The molecule has 2 rings (SSSR count). The standard InChI is InChI=1S/C14H12ClN3O/c15-13-5-12(7-16)6-14(18-13)17-8-10-2-1-3-11(4-10)9-19/h1-6,19H,8-9H2,(H,17,18). The molecule has 2 N–H and O–H groups in total. The smallest absolute Gasteiger partial charge is 0.132 e. The average molecular weight is 274 g/mol. The summed E-state index contributed by atoms with van der Waals surface area (Å²) < 4.78 is 0. The second-order valence-corrected chi connectivity index (χ2v) is 4.39. The third-order valence-electron chi connectivity index (χ3n) is 2.57. The Kier molecular flexibility index (Phi) is 4.35. The van der Waals surface area contributed by atoms with Gasteiger partial charge in [0, 0.05) is 6.54 Å². The molecule has 0 aliphatic heterocycles. The minimum absolute atomic E-state index is 0.0157. The van der Waals surface area contributed by atoms with Crippen LogP contribution in [0.15, 0.2) is 36.4 Å². The van der Waals surface area contributed by atoms with Gasteiger partial charge in [-0.3, -0.25) is 0 Å². The highest BCUT2D eigenvalue weighted by Gasteiger charge is 2.01. The predicted molar refractivity (Wildman–Crippen MR) is 73.7 cm³/mol. The quantitative estimate of drug-likeness (QED) is 0.841. The number of hydrogen-bond acceptors (Lipinski definition) is 4. The van der Waals surface area contributed by atoms with Crippen LogP contribution in [0.1, 0.15) is 16.7 Å². The number of nitrogens with zero attached hydrogens (tertiary/aromatic N) is 2. The van der Waals surface area contributed by atoms with E-state index >= 15 is 0 Å². The third kappa shape index (κ3) is 3.68. The Hall–Kier alpha value is -2.09. The zero-order chi connectivity index (χ0) is 13.7. The van der Waals surface area contributed by atoms with Crippen molar-refractivity contribution < 1.29 is 5.11 Å². The first-order valence-electron chi connectivity index (χ1n) is 5.71. The Morgan fingerprint density at radius 2 is 2.05 bits per heavy atom. The number of nitrogens with one attached hydrogen (secondary N) is 1. The number of hydrogen-bond donors (Lipinski definition) is 2. The fourth-order valence-corrected chi connectivity index (χ4v) is 1.89. The molecular weight excluding hydrogens is 262 g/mol. The zero-order valence-corrected chi connectivity index (χ0v) is 10.9. The highest BCUT2D eigenvalue weighted by Crippen LogP contribution is 2.15. The molecule has 0 spiro atoms. The second kappa shape index (κ2) is 6.19. The monoisotopic (exact) mass is 273 g/mol. The maximum atomic E-state index is 9.07. The number of rotatable bonds is 4. The van der Waals surface area contributed by atoms with E-state index in [9.17, 15) is 0 Å². The van der Waals surface area contributed by atoms with Crippen LogP contribution in [-0.4, -0.2) is 10.1 Å². The van der Waals surface area contributed by atoms with Gasteiger partial charge in [-0.15, -0.1) is 0 Å². The highest BCUT2D eigenvalue weighted by molar-refractivity contribution is 6.29. The van der Waals surface area contributed by atoms with Gasteiger partial charge in [0.1, 0.15) is 11.0 Å². The summed E-state index contributed by atoms with van der Waals surface area (Å²) in [6, 6.07) is 12.8. The van der Waals surface area contributed by atoms with E-state index in [1.807, 2.05) is 30.3 Å². The molecule has 1 aromatic carbocycles. The molecule has 0 unspecified atom stereocenters. The van der Waals surface area contributed by atoms with Gasteiger partial charge in [0.05, 0.1) is 18.2 Å². The number of anilines is 1. The number of pyridine rings is 1. The van der Waals surface area contributed by atoms with Gasteiger partial charge >= 0.3 is 0 Å². The van der Waals surface area contributed by atoms with Crippen molar-refractivity contribution in [2.45, 2.75) is 13.2 Å². The van der Waals surface area contributed by atoms with E-state index < -0.39 is 0 Å². The molecule has 19 heavy (non-hydrogen) atoms. The summed E-state index contributed by atoms with van der Waals surface area (Å²) in [5.41, 5.74) is 2.34. The van der Waals surface area contributed by atoms with Crippen LogP contribution in [0.3, 0.4) is 0 Å². The fraction of sp³-hybridized carbons (Fsp3) is 0.143. The van der Waals surface area contributed by atoms with Crippen LogP contribution in [0.25, 0.3) is 0 Å².